The van der Waals surface area contributed by atoms with E-state index in [0.29, 0.717) is 0 Å². The summed E-state index contributed by atoms with van der Waals surface area (Å²) in [5.41, 5.74) is 37.2. The molecule has 6 heteroatoms. The molecular formula is C71H59B2N3O. The average molecular weight is 992 g/mol. The maximum atomic E-state index is 7.66. The molecule has 4 aliphatic heterocycles. The molecule has 0 radical (unpaired) electrons. The fourth-order valence-corrected chi connectivity index (χ4v) is 14.7. The lowest BCUT2D eigenvalue weighted by atomic mass is 9.30. The van der Waals surface area contributed by atoms with Crippen LogP contribution >= 0.6 is 0 Å². The molecule has 0 saturated heterocycles. The fourth-order valence-electron chi connectivity index (χ4n) is 14.7. The molecule has 0 bridgehead atoms. The number of fused-ring (bicyclic) bond motifs is 11. The normalized spacial score (nSPS) is 13.4. The number of nitrogens with zero attached hydrogens (tertiary/aromatic N) is 3. The van der Waals surface area contributed by atoms with E-state index in [2.05, 4.69) is 248 Å². The Morgan fingerprint density at radius 3 is 1.44 bits per heavy atom. The molecule has 77 heavy (non-hydrogen) atoms. The quantitative estimate of drug-likeness (QED) is 0.164. The zero-order chi connectivity index (χ0) is 52.6. The second kappa shape index (κ2) is 16.3. The molecule has 0 spiro atoms. The van der Waals surface area contributed by atoms with Crippen LogP contribution in [0.15, 0.2) is 158 Å². The summed E-state index contributed by atoms with van der Waals surface area (Å²) in [6.07, 6.45) is 0. The predicted molar refractivity (Wildman–Crippen MR) is 329 cm³/mol. The number of aryl methyl sites for hydroxylation is 11. The summed E-state index contributed by atoms with van der Waals surface area (Å²) < 4.78 is 10.3. The van der Waals surface area contributed by atoms with Gasteiger partial charge in [-0.1, -0.05) is 118 Å². The van der Waals surface area contributed by atoms with Gasteiger partial charge in [0.15, 0.2) is 0 Å². The van der Waals surface area contributed by atoms with Crippen LogP contribution in [-0.2, 0) is 0 Å². The lowest BCUT2D eigenvalue weighted by Gasteiger charge is -2.43. The second-order valence-corrected chi connectivity index (χ2v) is 23.3. The topological polar surface area (TPSA) is 20.6 Å². The number of ether oxygens (including phenoxy) is 1. The first-order valence-electron chi connectivity index (χ1n) is 27.4. The molecule has 1 aromatic heterocycles. The van der Waals surface area contributed by atoms with Crippen LogP contribution in [0.1, 0.15) is 61.2 Å². The van der Waals surface area contributed by atoms with Crippen molar-refractivity contribution in [1.82, 2.24) is 4.57 Å². The summed E-state index contributed by atoms with van der Waals surface area (Å²) in [6, 6.07) is 61.4. The van der Waals surface area contributed by atoms with Crippen LogP contribution in [0.2, 0.25) is 0 Å². The molecule has 0 N–H and O–H groups in total. The van der Waals surface area contributed by atoms with E-state index in [1.54, 1.807) is 0 Å². The Morgan fingerprint density at radius 2 is 0.805 bits per heavy atom. The van der Waals surface area contributed by atoms with Crippen molar-refractivity contribution in [2.24, 2.45) is 0 Å². The van der Waals surface area contributed by atoms with Crippen LogP contribution in [-0.4, -0.2) is 18.0 Å². The average Bonchev–Trinajstić information content (AvgIpc) is 3.73. The number of aromatic nitrogens is 1. The Hall–Kier alpha value is -8.47. The molecule has 0 atom stereocenters. The Morgan fingerprint density at radius 1 is 0.325 bits per heavy atom. The van der Waals surface area contributed by atoms with Gasteiger partial charge in [-0.05, 0) is 226 Å². The molecule has 370 valence electrons. The van der Waals surface area contributed by atoms with Gasteiger partial charge in [-0.15, -0.1) is 0 Å². The van der Waals surface area contributed by atoms with Crippen molar-refractivity contribution >= 4 is 102 Å². The molecular weight excluding hydrogens is 932 g/mol. The van der Waals surface area contributed by atoms with Gasteiger partial charge in [-0.3, -0.25) is 0 Å². The first-order valence-corrected chi connectivity index (χ1v) is 27.4. The minimum atomic E-state index is -0.0981. The molecule has 10 aromatic carbocycles. The number of hydrogen-bond acceptors (Lipinski definition) is 3. The third kappa shape index (κ3) is 6.61. The molecule has 0 saturated carbocycles. The summed E-state index contributed by atoms with van der Waals surface area (Å²) in [7, 11) is 0. The highest BCUT2D eigenvalue weighted by atomic mass is 16.5. The van der Waals surface area contributed by atoms with E-state index in [0.717, 1.165) is 39.8 Å². The van der Waals surface area contributed by atoms with Crippen LogP contribution in [0, 0.1) is 76.2 Å². The molecule has 11 aromatic rings. The van der Waals surface area contributed by atoms with E-state index in [9.17, 15) is 0 Å². The highest BCUT2D eigenvalue weighted by Crippen LogP contribution is 2.48. The van der Waals surface area contributed by atoms with Gasteiger partial charge in [0, 0.05) is 62.2 Å². The van der Waals surface area contributed by atoms with Crippen molar-refractivity contribution in [2.45, 2.75) is 76.2 Å². The number of hydrogen-bond donors (Lipinski definition) is 0. The number of benzene rings is 10. The van der Waals surface area contributed by atoms with Crippen LogP contribution in [0.25, 0.3) is 49.7 Å². The molecule has 0 aliphatic carbocycles. The van der Waals surface area contributed by atoms with Gasteiger partial charge < -0.3 is 19.1 Å². The van der Waals surface area contributed by atoms with Crippen molar-refractivity contribution in [2.75, 3.05) is 9.80 Å². The predicted octanol–water partition coefficient (Wildman–Crippen LogP) is 14.5. The van der Waals surface area contributed by atoms with Gasteiger partial charge in [0.25, 0.3) is 13.4 Å². The third-order valence-corrected chi connectivity index (χ3v) is 17.6. The van der Waals surface area contributed by atoms with Gasteiger partial charge >= 0.3 is 0 Å². The van der Waals surface area contributed by atoms with E-state index in [1.165, 1.54) is 150 Å². The Labute approximate surface area is 453 Å². The van der Waals surface area contributed by atoms with Crippen molar-refractivity contribution in [1.29, 1.82) is 0 Å². The summed E-state index contributed by atoms with van der Waals surface area (Å²) >= 11 is 0. The molecule has 0 amide bonds. The third-order valence-electron chi connectivity index (χ3n) is 17.6. The summed E-state index contributed by atoms with van der Waals surface area (Å²) in [6.45, 7) is 24.4. The van der Waals surface area contributed by atoms with Gasteiger partial charge in [0.1, 0.15) is 11.5 Å². The van der Waals surface area contributed by atoms with E-state index in [1.807, 2.05) is 0 Å². The minimum absolute atomic E-state index is 0.0723. The largest absolute Gasteiger partial charge is 0.458 e. The van der Waals surface area contributed by atoms with Crippen LogP contribution in [0.3, 0.4) is 0 Å². The van der Waals surface area contributed by atoms with Crippen LogP contribution < -0.4 is 47.3 Å². The molecule has 4 nitrogen and oxygen atoms in total. The molecule has 5 heterocycles. The van der Waals surface area contributed by atoms with E-state index in [-0.39, 0.29) is 13.4 Å². The van der Waals surface area contributed by atoms with Crippen molar-refractivity contribution in [3.05, 3.63) is 219 Å². The van der Waals surface area contributed by atoms with Crippen molar-refractivity contribution < 1.29 is 4.74 Å². The summed E-state index contributed by atoms with van der Waals surface area (Å²) in [5.74, 6) is 1.80. The van der Waals surface area contributed by atoms with Gasteiger partial charge in [-0.25, -0.2) is 0 Å². The molecule has 0 fully saturated rings. The highest BCUT2D eigenvalue weighted by Gasteiger charge is 2.47. The Bertz CT molecular complexity index is 4400. The lowest BCUT2D eigenvalue weighted by Crippen LogP contribution is -2.64. The first-order chi connectivity index (χ1) is 37.2. The number of anilines is 6. The standard InChI is InChI=1S/C71H59B2N3O/c1-38-12-18-51(19-13-38)74-60-23-17-41(4)30-55(60)72-57-36-56-61(37-65(57)77-66-35-50(34-64(74)70(66)72)68-47(10)26-43(6)27-48(68)11)75(52-20-14-39(2)15-21-52)62-32-49(67-45(8)24-42(5)25-46(67)9)33-63-69(62)73(56)58-31-44(7)29-54-53-28-40(3)16-22-59(53)76(63)71(54)58/h12-37H,1-11H3. The van der Waals surface area contributed by atoms with Crippen LogP contribution in [0.5, 0.6) is 11.5 Å². The Balaban J connectivity index is 1.07. The second-order valence-electron chi connectivity index (χ2n) is 23.3. The van der Waals surface area contributed by atoms with Crippen molar-refractivity contribution in [3.8, 4) is 39.4 Å². The highest BCUT2D eigenvalue weighted by molar-refractivity contribution is 7.02. The molecule has 15 rings (SSSR count). The molecule has 4 aliphatic rings. The van der Waals surface area contributed by atoms with Gasteiger partial charge in [0.2, 0.25) is 0 Å². The van der Waals surface area contributed by atoms with E-state index < -0.39 is 0 Å². The SMILES string of the molecule is Cc1ccc(N2c3ccc(C)cc3B3c4cc5c(cc4Oc4cc(-c6c(C)cc(C)cc6C)cc2c43)N(c2ccc(C)cc2)c2cc(-c3c(C)cc(C)cc3C)cc3c2B5c2cc(C)cc4c5cc(C)ccc5n-3c24)cc1. The fraction of sp³-hybridized carbons (Fsp3) is 0.155. The zero-order valence-electron chi connectivity index (χ0n) is 45.9. The minimum Gasteiger partial charge on any atom is -0.458 e. The maximum Gasteiger partial charge on any atom is 0.256 e. The zero-order valence-corrected chi connectivity index (χ0v) is 45.9. The molecule has 0 unspecified atom stereocenters. The smallest absolute Gasteiger partial charge is 0.256 e. The van der Waals surface area contributed by atoms with Crippen LogP contribution in [0.4, 0.5) is 34.1 Å². The summed E-state index contributed by atoms with van der Waals surface area (Å²) in [5, 5.41) is 2.61. The summed E-state index contributed by atoms with van der Waals surface area (Å²) in [4.78, 5) is 5.07. The maximum absolute atomic E-state index is 7.66. The van der Waals surface area contributed by atoms with E-state index >= 15 is 0 Å². The van der Waals surface area contributed by atoms with Gasteiger partial charge in [0.05, 0.1) is 5.52 Å². The lowest BCUT2D eigenvalue weighted by molar-refractivity contribution is 0.488. The number of rotatable bonds is 4. The monoisotopic (exact) mass is 991 g/mol. The van der Waals surface area contributed by atoms with E-state index in [4.69, 9.17) is 4.74 Å². The Kier molecular flexibility index (Phi) is 9.70. The van der Waals surface area contributed by atoms with Crippen molar-refractivity contribution in [3.63, 3.8) is 0 Å². The first kappa shape index (κ1) is 45.9. The van der Waals surface area contributed by atoms with Gasteiger partial charge in [-0.2, -0.15) is 0 Å².